The predicted octanol–water partition coefficient (Wildman–Crippen LogP) is 1.48. The van der Waals surface area contributed by atoms with Crippen LogP contribution in [0.2, 0.25) is 0 Å². The van der Waals surface area contributed by atoms with Gasteiger partial charge in [-0.3, -0.25) is 4.79 Å². The van der Waals surface area contributed by atoms with Gasteiger partial charge in [-0.05, 0) is 30.7 Å². The molecule has 1 heterocycles. The Morgan fingerprint density at radius 1 is 1.59 bits per heavy atom. The third kappa shape index (κ3) is 4.30. The summed E-state index contributed by atoms with van der Waals surface area (Å²) in [5, 5.41) is 12.1. The van der Waals surface area contributed by atoms with E-state index in [4.69, 9.17) is 14.6 Å². The molecule has 1 aliphatic heterocycles. The zero-order valence-corrected chi connectivity index (χ0v) is 13.8. The quantitative estimate of drug-likeness (QED) is 0.795. The van der Waals surface area contributed by atoms with Crippen molar-refractivity contribution in [2.45, 2.75) is 18.9 Å². The maximum absolute atomic E-state index is 12.4. The number of ether oxygens (including phenoxy) is 2. The second-order valence-corrected chi connectivity index (χ2v) is 6.27. The number of benzene rings is 1. The van der Waals surface area contributed by atoms with Crippen molar-refractivity contribution in [3.8, 4) is 11.5 Å². The van der Waals surface area contributed by atoms with Gasteiger partial charge in [0.05, 0.1) is 13.0 Å². The molecule has 2 rings (SSSR count). The molecule has 2 N–H and O–H groups in total. The lowest BCUT2D eigenvalue weighted by Crippen LogP contribution is -2.44. The summed E-state index contributed by atoms with van der Waals surface area (Å²) in [6.45, 7) is 0.451. The van der Waals surface area contributed by atoms with E-state index in [0.717, 1.165) is 22.8 Å². The number of amides is 1. The molecule has 0 spiro atoms. The van der Waals surface area contributed by atoms with Gasteiger partial charge in [0.1, 0.15) is 18.1 Å². The van der Waals surface area contributed by atoms with E-state index in [1.54, 1.807) is 18.9 Å². The van der Waals surface area contributed by atoms with E-state index >= 15 is 0 Å². The number of hydrogen-bond donors (Lipinski definition) is 2. The fraction of sp³-hybridized carbons (Fsp3) is 0.562. The molecule has 0 aliphatic carbocycles. The average Bonchev–Trinajstić information content (AvgIpc) is 2.54. The molecule has 0 saturated carbocycles. The van der Waals surface area contributed by atoms with Crippen LogP contribution in [0.25, 0.3) is 0 Å². The zero-order chi connectivity index (χ0) is 15.9. The molecule has 0 saturated heterocycles. The Labute approximate surface area is 135 Å². The van der Waals surface area contributed by atoms with Gasteiger partial charge in [0.15, 0.2) is 0 Å². The van der Waals surface area contributed by atoms with E-state index in [9.17, 15) is 4.79 Å². The molecule has 1 aliphatic rings. The van der Waals surface area contributed by atoms with Gasteiger partial charge < -0.3 is 19.9 Å². The summed E-state index contributed by atoms with van der Waals surface area (Å²) in [6, 6.07) is 5.68. The highest BCUT2D eigenvalue weighted by Gasteiger charge is 2.27. The van der Waals surface area contributed by atoms with Crippen molar-refractivity contribution in [2.24, 2.45) is 5.92 Å². The standard InChI is InChI=1S/C16H23NO4S/c1-20-14-4-3-11-7-12(9-21-15(11)8-14)16(19)17-13(5-6-18)10-22-2/h3-4,8,12-13,18H,5-7,9-10H2,1-2H3,(H,17,19)/t12-,13+/m0/s1. The van der Waals surface area contributed by atoms with Crippen molar-refractivity contribution in [1.82, 2.24) is 5.32 Å². The number of nitrogens with one attached hydrogen (secondary N) is 1. The first-order valence-corrected chi connectivity index (χ1v) is 8.77. The lowest BCUT2D eigenvalue weighted by atomic mass is 9.95. The number of aliphatic hydroxyl groups excluding tert-OH is 1. The highest BCUT2D eigenvalue weighted by Crippen LogP contribution is 2.31. The van der Waals surface area contributed by atoms with Crippen LogP contribution < -0.4 is 14.8 Å². The maximum atomic E-state index is 12.4. The molecule has 0 aromatic heterocycles. The van der Waals surface area contributed by atoms with Crippen molar-refractivity contribution < 1.29 is 19.4 Å². The summed E-state index contributed by atoms with van der Waals surface area (Å²) in [5.74, 6) is 2.15. The fourth-order valence-corrected chi connectivity index (χ4v) is 3.17. The van der Waals surface area contributed by atoms with Gasteiger partial charge in [-0.25, -0.2) is 0 Å². The van der Waals surface area contributed by atoms with Crippen molar-refractivity contribution in [1.29, 1.82) is 0 Å². The smallest absolute Gasteiger partial charge is 0.227 e. The third-order valence-corrected chi connectivity index (χ3v) is 4.48. The summed E-state index contributed by atoms with van der Waals surface area (Å²) in [5.41, 5.74) is 1.02. The highest BCUT2D eigenvalue weighted by molar-refractivity contribution is 7.98. The molecular formula is C16H23NO4S. The van der Waals surface area contributed by atoms with Gasteiger partial charge in [0, 0.05) is 24.5 Å². The first kappa shape index (κ1) is 17.0. The molecule has 122 valence electrons. The second kappa shape index (κ2) is 8.29. The van der Waals surface area contributed by atoms with Gasteiger partial charge in [-0.2, -0.15) is 11.8 Å². The number of methoxy groups -OCH3 is 1. The maximum Gasteiger partial charge on any atom is 0.227 e. The van der Waals surface area contributed by atoms with E-state index in [1.807, 2.05) is 24.5 Å². The lowest BCUT2D eigenvalue weighted by molar-refractivity contribution is -0.126. The molecule has 1 aromatic carbocycles. The van der Waals surface area contributed by atoms with E-state index in [0.29, 0.717) is 19.4 Å². The minimum atomic E-state index is -0.191. The highest BCUT2D eigenvalue weighted by atomic mass is 32.2. The number of thioether (sulfide) groups is 1. The molecule has 5 nitrogen and oxygen atoms in total. The van der Waals surface area contributed by atoms with E-state index in [-0.39, 0.29) is 24.5 Å². The summed E-state index contributed by atoms with van der Waals surface area (Å²) < 4.78 is 10.9. The monoisotopic (exact) mass is 325 g/mol. The van der Waals surface area contributed by atoms with Crippen molar-refractivity contribution in [3.63, 3.8) is 0 Å². The predicted molar refractivity (Wildman–Crippen MR) is 87.7 cm³/mol. The minimum Gasteiger partial charge on any atom is -0.497 e. The molecule has 0 fully saturated rings. The van der Waals surface area contributed by atoms with Gasteiger partial charge in [0.2, 0.25) is 5.91 Å². The van der Waals surface area contributed by atoms with Crippen LogP contribution in [0.4, 0.5) is 0 Å². The van der Waals surface area contributed by atoms with Crippen LogP contribution in [0.5, 0.6) is 11.5 Å². The first-order valence-electron chi connectivity index (χ1n) is 7.37. The summed E-state index contributed by atoms with van der Waals surface area (Å²) >= 11 is 1.66. The van der Waals surface area contributed by atoms with Crippen LogP contribution in [-0.2, 0) is 11.2 Å². The topological polar surface area (TPSA) is 67.8 Å². The largest absolute Gasteiger partial charge is 0.497 e. The van der Waals surface area contributed by atoms with Gasteiger partial charge in [-0.15, -0.1) is 0 Å². The van der Waals surface area contributed by atoms with Gasteiger partial charge in [0.25, 0.3) is 0 Å². The Balaban J connectivity index is 1.97. The first-order chi connectivity index (χ1) is 10.7. The number of hydrogen-bond acceptors (Lipinski definition) is 5. The summed E-state index contributed by atoms with van der Waals surface area (Å²) in [6.07, 6.45) is 3.23. The molecule has 6 heteroatoms. The van der Waals surface area contributed by atoms with Gasteiger partial charge >= 0.3 is 0 Å². The molecular weight excluding hydrogens is 302 g/mol. The zero-order valence-electron chi connectivity index (χ0n) is 13.0. The second-order valence-electron chi connectivity index (χ2n) is 5.36. The summed E-state index contributed by atoms with van der Waals surface area (Å²) in [7, 11) is 1.62. The Kier molecular flexibility index (Phi) is 6.39. The van der Waals surface area contributed by atoms with Crippen LogP contribution in [0.3, 0.4) is 0 Å². The Bertz CT molecular complexity index is 503. The van der Waals surface area contributed by atoms with E-state index < -0.39 is 0 Å². The number of carbonyl (C=O) groups excluding carboxylic acids is 1. The van der Waals surface area contributed by atoms with Crippen LogP contribution in [0, 0.1) is 5.92 Å². The molecule has 1 amide bonds. The van der Waals surface area contributed by atoms with Crippen LogP contribution in [0.1, 0.15) is 12.0 Å². The van der Waals surface area contributed by atoms with Crippen LogP contribution >= 0.6 is 11.8 Å². The SMILES string of the molecule is COc1ccc2c(c1)OC[C@@H](C(=O)N[C@H](CCO)CSC)C2. The van der Waals surface area contributed by atoms with Gasteiger partial charge in [-0.1, -0.05) is 6.07 Å². The molecule has 1 aromatic rings. The lowest BCUT2D eigenvalue weighted by Gasteiger charge is -2.27. The number of rotatable bonds is 7. The van der Waals surface area contributed by atoms with Crippen molar-refractivity contribution >= 4 is 17.7 Å². The molecule has 22 heavy (non-hydrogen) atoms. The third-order valence-electron chi connectivity index (χ3n) is 3.74. The fourth-order valence-electron chi connectivity index (χ4n) is 2.52. The van der Waals surface area contributed by atoms with Crippen molar-refractivity contribution in [3.05, 3.63) is 23.8 Å². The van der Waals surface area contributed by atoms with Crippen molar-refractivity contribution in [2.75, 3.05) is 32.3 Å². The molecule has 0 radical (unpaired) electrons. The summed E-state index contributed by atoms with van der Waals surface area (Å²) in [4.78, 5) is 12.4. The van der Waals surface area contributed by atoms with Crippen LogP contribution in [0.15, 0.2) is 18.2 Å². The normalized spacial score (nSPS) is 18.0. The average molecular weight is 325 g/mol. The van der Waals surface area contributed by atoms with E-state index in [1.165, 1.54) is 0 Å². The molecule has 0 bridgehead atoms. The number of carbonyl (C=O) groups is 1. The Hall–Kier alpha value is -1.40. The molecule has 0 unspecified atom stereocenters. The molecule has 2 atom stereocenters. The Morgan fingerprint density at radius 3 is 3.09 bits per heavy atom. The number of aliphatic hydroxyl groups is 1. The number of fused-ring (bicyclic) bond motifs is 1. The minimum absolute atomic E-state index is 0.00441. The Morgan fingerprint density at radius 2 is 2.41 bits per heavy atom. The van der Waals surface area contributed by atoms with Crippen LogP contribution in [-0.4, -0.2) is 49.4 Å². The van der Waals surface area contributed by atoms with E-state index in [2.05, 4.69) is 5.32 Å².